The molecule has 156 valence electrons. The summed E-state index contributed by atoms with van der Waals surface area (Å²) in [6, 6.07) is 0. The smallest absolute Gasteiger partial charge is 0.0960 e. The first-order valence-electron chi connectivity index (χ1n) is 11.3. The SMILES string of the molecule is CCCCCCC(C)(C)C1C=CC(C2CC(O)CC[C@H]2CCCO)C(O)=C1. The minimum absolute atomic E-state index is 0.0239. The number of hydrogen-bond acceptors (Lipinski definition) is 3. The van der Waals surface area contributed by atoms with Gasteiger partial charge in [-0.2, -0.15) is 0 Å². The highest BCUT2D eigenvalue weighted by Crippen LogP contribution is 2.45. The Morgan fingerprint density at radius 1 is 1.07 bits per heavy atom. The fourth-order valence-corrected chi connectivity index (χ4v) is 5.11. The predicted molar refractivity (Wildman–Crippen MR) is 113 cm³/mol. The van der Waals surface area contributed by atoms with E-state index in [1.807, 2.05) is 0 Å². The van der Waals surface area contributed by atoms with Gasteiger partial charge in [0.2, 0.25) is 0 Å². The Kier molecular flexibility index (Phi) is 8.88. The quantitative estimate of drug-likeness (QED) is 0.334. The zero-order valence-corrected chi connectivity index (χ0v) is 17.7. The first kappa shape index (κ1) is 22.5. The van der Waals surface area contributed by atoms with E-state index in [2.05, 4.69) is 39.0 Å². The molecule has 2 aliphatic rings. The topological polar surface area (TPSA) is 60.7 Å². The van der Waals surface area contributed by atoms with E-state index < -0.39 is 0 Å². The molecule has 0 aromatic heterocycles. The summed E-state index contributed by atoms with van der Waals surface area (Å²) in [7, 11) is 0. The van der Waals surface area contributed by atoms with E-state index in [0.717, 1.165) is 32.1 Å². The molecule has 0 saturated heterocycles. The molecule has 1 fully saturated rings. The molecule has 3 N–H and O–H groups in total. The van der Waals surface area contributed by atoms with Gasteiger partial charge in [0.25, 0.3) is 0 Å². The van der Waals surface area contributed by atoms with Crippen molar-refractivity contribution < 1.29 is 15.3 Å². The summed E-state index contributed by atoms with van der Waals surface area (Å²) >= 11 is 0. The van der Waals surface area contributed by atoms with Crippen molar-refractivity contribution in [2.24, 2.45) is 29.1 Å². The zero-order valence-electron chi connectivity index (χ0n) is 17.7. The molecule has 5 atom stereocenters. The van der Waals surface area contributed by atoms with E-state index in [0.29, 0.717) is 11.7 Å². The fraction of sp³-hybridized carbons (Fsp3) is 0.833. The van der Waals surface area contributed by atoms with Gasteiger partial charge in [-0.1, -0.05) is 58.6 Å². The maximum atomic E-state index is 10.9. The number of rotatable bonds is 10. The van der Waals surface area contributed by atoms with Crippen LogP contribution in [0.4, 0.5) is 0 Å². The van der Waals surface area contributed by atoms with Gasteiger partial charge >= 0.3 is 0 Å². The second-order valence-corrected chi connectivity index (χ2v) is 9.58. The van der Waals surface area contributed by atoms with Crippen molar-refractivity contribution in [3.63, 3.8) is 0 Å². The van der Waals surface area contributed by atoms with Crippen molar-refractivity contribution >= 4 is 0 Å². The van der Waals surface area contributed by atoms with Gasteiger partial charge in [-0.05, 0) is 61.9 Å². The summed E-state index contributed by atoms with van der Waals surface area (Å²) < 4.78 is 0. The van der Waals surface area contributed by atoms with Gasteiger partial charge < -0.3 is 15.3 Å². The van der Waals surface area contributed by atoms with Crippen LogP contribution >= 0.6 is 0 Å². The lowest BCUT2D eigenvalue weighted by Gasteiger charge is -2.40. The summed E-state index contributed by atoms with van der Waals surface area (Å²) in [5, 5.41) is 30.3. The van der Waals surface area contributed by atoms with Crippen molar-refractivity contribution in [3.05, 3.63) is 24.0 Å². The maximum Gasteiger partial charge on any atom is 0.0960 e. The first-order valence-corrected chi connectivity index (χ1v) is 11.3. The molecule has 3 nitrogen and oxygen atoms in total. The summed E-state index contributed by atoms with van der Waals surface area (Å²) in [6.07, 6.45) is 17.0. The Bertz CT molecular complexity index is 492. The molecule has 0 radical (unpaired) electrons. The van der Waals surface area contributed by atoms with Gasteiger partial charge in [0, 0.05) is 18.4 Å². The number of aliphatic hydroxyl groups excluding tert-OH is 3. The second kappa shape index (κ2) is 10.7. The second-order valence-electron chi connectivity index (χ2n) is 9.58. The Morgan fingerprint density at radius 2 is 1.85 bits per heavy atom. The Labute approximate surface area is 166 Å². The van der Waals surface area contributed by atoms with Gasteiger partial charge in [-0.25, -0.2) is 0 Å². The molecule has 1 saturated carbocycles. The van der Waals surface area contributed by atoms with Crippen LogP contribution in [0.2, 0.25) is 0 Å². The molecule has 0 aromatic carbocycles. The lowest BCUT2D eigenvalue weighted by molar-refractivity contribution is 0.0436. The molecule has 0 aromatic rings. The van der Waals surface area contributed by atoms with Crippen LogP contribution in [0.3, 0.4) is 0 Å². The minimum atomic E-state index is -0.255. The predicted octanol–water partition coefficient (Wildman–Crippen LogP) is 5.78. The molecule has 0 aliphatic heterocycles. The van der Waals surface area contributed by atoms with Crippen molar-refractivity contribution in [1.29, 1.82) is 0 Å². The number of unbranched alkanes of at least 4 members (excludes halogenated alkanes) is 3. The third-order valence-electron chi connectivity index (χ3n) is 7.01. The molecule has 0 bridgehead atoms. The summed E-state index contributed by atoms with van der Waals surface area (Å²) in [6.45, 7) is 7.09. The van der Waals surface area contributed by atoms with Crippen LogP contribution in [0.25, 0.3) is 0 Å². The number of aliphatic hydroxyl groups is 3. The average Bonchev–Trinajstić information content (AvgIpc) is 2.64. The molecule has 2 rings (SSSR count). The molecular formula is C24H42O3. The van der Waals surface area contributed by atoms with Gasteiger partial charge in [-0.15, -0.1) is 0 Å². The largest absolute Gasteiger partial charge is 0.512 e. The van der Waals surface area contributed by atoms with E-state index in [9.17, 15) is 15.3 Å². The molecule has 0 spiro atoms. The van der Waals surface area contributed by atoms with Crippen LogP contribution < -0.4 is 0 Å². The highest BCUT2D eigenvalue weighted by atomic mass is 16.3. The highest BCUT2D eigenvalue weighted by Gasteiger charge is 2.38. The molecule has 0 amide bonds. The normalized spacial score (nSPS) is 31.7. The van der Waals surface area contributed by atoms with E-state index in [-0.39, 0.29) is 35.9 Å². The van der Waals surface area contributed by atoms with E-state index >= 15 is 0 Å². The van der Waals surface area contributed by atoms with Crippen molar-refractivity contribution in [1.82, 2.24) is 0 Å². The van der Waals surface area contributed by atoms with Crippen molar-refractivity contribution in [2.45, 2.75) is 91.1 Å². The van der Waals surface area contributed by atoms with Crippen molar-refractivity contribution in [2.75, 3.05) is 6.61 Å². The van der Waals surface area contributed by atoms with Gasteiger partial charge in [0.1, 0.15) is 0 Å². The van der Waals surface area contributed by atoms with Crippen LogP contribution in [-0.4, -0.2) is 28.0 Å². The molecule has 0 heterocycles. The maximum absolute atomic E-state index is 10.9. The molecule has 27 heavy (non-hydrogen) atoms. The van der Waals surface area contributed by atoms with E-state index in [1.54, 1.807) is 0 Å². The van der Waals surface area contributed by atoms with Crippen LogP contribution in [0.5, 0.6) is 0 Å². The van der Waals surface area contributed by atoms with E-state index in [1.165, 1.54) is 32.1 Å². The van der Waals surface area contributed by atoms with Crippen molar-refractivity contribution in [3.8, 4) is 0 Å². The summed E-state index contributed by atoms with van der Waals surface area (Å²) in [5.41, 5.74) is 0.158. The first-order chi connectivity index (χ1) is 12.9. The van der Waals surface area contributed by atoms with Gasteiger partial charge in [0.15, 0.2) is 0 Å². The third kappa shape index (κ3) is 6.35. The standard InChI is InChI=1S/C24H42O3/c1-4-5-6-7-14-24(2,3)19-11-13-21(23(27)16-19)22-17-20(26)12-10-18(22)9-8-15-25/h11,13,16,18-22,25-27H,4-10,12,14-15,17H2,1-3H3/t18-,19?,20?,21?,22?/m1/s1. The highest BCUT2D eigenvalue weighted by molar-refractivity contribution is 5.22. The molecular weight excluding hydrogens is 336 g/mol. The molecule has 4 unspecified atom stereocenters. The van der Waals surface area contributed by atoms with Crippen LogP contribution in [-0.2, 0) is 0 Å². The van der Waals surface area contributed by atoms with Gasteiger partial charge in [-0.3, -0.25) is 0 Å². The van der Waals surface area contributed by atoms with E-state index in [4.69, 9.17) is 0 Å². The third-order valence-corrected chi connectivity index (χ3v) is 7.01. The Morgan fingerprint density at radius 3 is 2.52 bits per heavy atom. The molecule has 2 aliphatic carbocycles. The number of allylic oxidation sites excluding steroid dienone is 3. The monoisotopic (exact) mass is 378 g/mol. The van der Waals surface area contributed by atoms with Gasteiger partial charge in [0.05, 0.1) is 11.9 Å². The average molecular weight is 379 g/mol. The summed E-state index contributed by atoms with van der Waals surface area (Å²) in [5.74, 6) is 1.55. The number of hydrogen-bond donors (Lipinski definition) is 3. The minimum Gasteiger partial charge on any atom is -0.512 e. The molecule has 3 heteroatoms. The lowest BCUT2D eigenvalue weighted by Crippen LogP contribution is -2.35. The Hall–Kier alpha value is -0.800. The zero-order chi connectivity index (χ0) is 19.9. The van der Waals surface area contributed by atoms with Crippen LogP contribution in [0, 0.1) is 29.1 Å². The Balaban J connectivity index is 2.02. The van der Waals surface area contributed by atoms with Crippen LogP contribution in [0.15, 0.2) is 24.0 Å². The fourth-order valence-electron chi connectivity index (χ4n) is 5.11. The lowest BCUT2D eigenvalue weighted by atomic mass is 9.66. The summed E-state index contributed by atoms with van der Waals surface area (Å²) in [4.78, 5) is 0. The van der Waals surface area contributed by atoms with Crippen LogP contribution in [0.1, 0.15) is 85.0 Å².